The lowest BCUT2D eigenvalue weighted by molar-refractivity contribution is -0.126. The van der Waals surface area contributed by atoms with E-state index in [1.807, 2.05) is 39.0 Å². The number of anilines is 1. The molecule has 3 N–H and O–H groups in total. The second-order valence-electron chi connectivity index (χ2n) is 5.99. The summed E-state index contributed by atoms with van der Waals surface area (Å²) >= 11 is 0. The van der Waals surface area contributed by atoms with Gasteiger partial charge in [0, 0.05) is 24.3 Å². The van der Waals surface area contributed by atoms with Crippen LogP contribution in [-0.4, -0.2) is 28.9 Å². The van der Waals surface area contributed by atoms with Gasteiger partial charge in [0.15, 0.2) is 0 Å². The summed E-state index contributed by atoms with van der Waals surface area (Å²) in [5.74, 6) is 0.107. The van der Waals surface area contributed by atoms with Crippen molar-refractivity contribution < 1.29 is 4.79 Å². The lowest BCUT2D eigenvalue weighted by Crippen LogP contribution is -2.47. The Morgan fingerprint density at radius 1 is 1.40 bits per heavy atom. The van der Waals surface area contributed by atoms with Crippen LogP contribution in [0.4, 0.5) is 5.69 Å². The summed E-state index contributed by atoms with van der Waals surface area (Å²) in [6.45, 7) is 6.75. The molecule has 2 rings (SSSR count). The van der Waals surface area contributed by atoms with E-state index in [1.54, 1.807) is 0 Å². The topological polar surface area (TPSA) is 58.4 Å². The summed E-state index contributed by atoms with van der Waals surface area (Å²) in [6.07, 6.45) is 2.36. The fraction of sp³-hybridized carbons (Fsp3) is 0.562. The standard InChI is InChI=1S/C16H25N3O/c1-11(2)18-16(20)12(3)19(15-7-8-15)10-13-5-4-6-14(17)9-13/h4-6,9,11-12,15H,7-8,10,17H2,1-3H3,(H,18,20). The number of nitrogens with two attached hydrogens (primary N) is 1. The zero-order chi connectivity index (χ0) is 14.7. The average molecular weight is 275 g/mol. The van der Waals surface area contributed by atoms with Crippen LogP contribution in [0.25, 0.3) is 0 Å². The van der Waals surface area contributed by atoms with E-state index >= 15 is 0 Å². The Morgan fingerprint density at radius 2 is 2.10 bits per heavy atom. The minimum atomic E-state index is -0.105. The van der Waals surface area contributed by atoms with Crippen LogP contribution in [0.15, 0.2) is 24.3 Å². The molecule has 0 radical (unpaired) electrons. The summed E-state index contributed by atoms with van der Waals surface area (Å²) in [4.78, 5) is 14.5. The highest BCUT2D eigenvalue weighted by atomic mass is 16.2. The summed E-state index contributed by atoms with van der Waals surface area (Å²) in [7, 11) is 0. The number of nitrogen functional groups attached to an aromatic ring is 1. The van der Waals surface area contributed by atoms with Crippen LogP contribution < -0.4 is 11.1 Å². The van der Waals surface area contributed by atoms with Crippen LogP contribution in [0.5, 0.6) is 0 Å². The largest absolute Gasteiger partial charge is 0.399 e. The molecule has 110 valence electrons. The van der Waals surface area contributed by atoms with Crippen LogP contribution in [0.3, 0.4) is 0 Å². The van der Waals surface area contributed by atoms with Gasteiger partial charge in [0.05, 0.1) is 6.04 Å². The number of benzene rings is 1. The zero-order valence-electron chi connectivity index (χ0n) is 12.6. The van der Waals surface area contributed by atoms with E-state index in [2.05, 4.69) is 16.3 Å². The molecule has 1 atom stereocenters. The molecule has 1 aliphatic carbocycles. The van der Waals surface area contributed by atoms with E-state index in [-0.39, 0.29) is 18.0 Å². The molecular formula is C16H25N3O. The van der Waals surface area contributed by atoms with E-state index in [0.29, 0.717) is 6.04 Å². The zero-order valence-corrected chi connectivity index (χ0v) is 12.6. The Morgan fingerprint density at radius 3 is 2.65 bits per heavy atom. The van der Waals surface area contributed by atoms with E-state index in [9.17, 15) is 4.79 Å². The van der Waals surface area contributed by atoms with E-state index in [1.165, 1.54) is 18.4 Å². The predicted molar refractivity (Wildman–Crippen MR) is 82.2 cm³/mol. The van der Waals surface area contributed by atoms with Gasteiger partial charge in [0.2, 0.25) is 5.91 Å². The monoisotopic (exact) mass is 275 g/mol. The number of rotatable bonds is 6. The Kier molecular flexibility index (Phi) is 4.65. The fourth-order valence-corrected chi connectivity index (χ4v) is 2.45. The van der Waals surface area contributed by atoms with Crippen LogP contribution in [0.1, 0.15) is 39.2 Å². The maximum absolute atomic E-state index is 12.2. The van der Waals surface area contributed by atoms with Gasteiger partial charge >= 0.3 is 0 Å². The molecule has 4 heteroatoms. The lowest BCUT2D eigenvalue weighted by atomic mass is 10.1. The van der Waals surface area contributed by atoms with Crippen molar-refractivity contribution in [3.63, 3.8) is 0 Å². The van der Waals surface area contributed by atoms with Crippen LogP contribution in [-0.2, 0) is 11.3 Å². The van der Waals surface area contributed by atoms with Gasteiger partial charge in [-0.2, -0.15) is 0 Å². The molecule has 1 aromatic carbocycles. The summed E-state index contributed by atoms with van der Waals surface area (Å²) in [5.41, 5.74) is 7.77. The first-order valence-electron chi connectivity index (χ1n) is 7.38. The number of amides is 1. The normalized spacial score (nSPS) is 16.4. The molecule has 0 aromatic heterocycles. The summed E-state index contributed by atoms with van der Waals surface area (Å²) < 4.78 is 0. The molecule has 1 saturated carbocycles. The fourth-order valence-electron chi connectivity index (χ4n) is 2.45. The van der Waals surface area contributed by atoms with Gasteiger partial charge < -0.3 is 11.1 Å². The van der Waals surface area contributed by atoms with Crippen molar-refractivity contribution in [3.05, 3.63) is 29.8 Å². The molecule has 0 bridgehead atoms. The molecule has 1 aromatic rings. The highest BCUT2D eigenvalue weighted by Gasteiger charge is 2.35. The number of carbonyl (C=O) groups is 1. The molecule has 0 aliphatic heterocycles. The molecule has 4 nitrogen and oxygen atoms in total. The van der Waals surface area contributed by atoms with Gasteiger partial charge in [-0.25, -0.2) is 0 Å². The molecule has 1 aliphatic rings. The Balaban J connectivity index is 2.05. The van der Waals surface area contributed by atoms with Crippen molar-refractivity contribution in [2.75, 3.05) is 5.73 Å². The van der Waals surface area contributed by atoms with Crippen LogP contribution in [0, 0.1) is 0 Å². The molecule has 20 heavy (non-hydrogen) atoms. The number of hydrogen-bond donors (Lipinski definition) is 2. The van der Waals surface area contributed by atoms with Crippen LogP contribution in [0.2, 0.25) is 0 Å². The number of hydrogen-bond acceptors (Lipinski definition) is 3. The highest BCUT2D eigenvalue weighted by Crippen LogP contribution is 2.30. The van der Waals surface area contributed by atoms with Gasteiger partial charge in [0.1, 0.15) is 0 Å². The first-order chi connectivity index (χ1) is 9.47. The van der Waals surface area contributed by atoms with E-state index in [4.69, 9.17) is 5.73 Å². The first kappa shape index (κ1) is 14.9. The minimum absolute atomic E-state index is 0.105. The molecule has 0 heterocycles. The van der Waals surface area contributed by atoms with Crippen molar-refractivity contribution in [1.29, 1.82) is 0 Å². The molecule has 1 unspecified atom stereocenters. The second-order valence-corrected chi connectivity index (χ2v) is 5.99. The third-order valence-electron chi connectivity index (χ3n) is 3.64. The third kappa shape index (κ3) is 3.97. The molecule has 1 fully saturated rings. The maximum atomic E-state index is 12.2. The third-order valence-corrected chi connectivity index (χ3v) is 3.64. The Bertz CT molecular complexity index is 469. The molecular weight excluding hydrogens is 250 g/mol. The SMILES string of the molecule is CC(C)NC(=O)C(C)N(Cc1cccc(N)c1)C1CC1. The molecule has 1 amide bonds. The van der Waals surface area contributed by atoms with Gasteiger partial charge in [-0.15, -0.1) is 0 Å². The van der Waals surface area contributed by atoms with Crippen LogP contribution >= 0.6 is 0 Å². The number of nitrogens with zero attached hydrogens (tertiary/aromatic N) is 1. The molecule has 0 spiro atoms. The lowest BCUT2D eigenvalue weighted by Gasteiger charge is -2.29. The number of carbonyl (C=O) groups excluding carboxylic acids is 1. The highest BCUT2D eigenvalue weighted by molar-refractivity contribution is 5.81. The van der Waals surface area contributed by atoms with E-state index < -0.39 is 0 Å². The van der Waals surface area contributed by atoms with Crippen molar-refractivity contribution in [2.45, 2.75) is 58.3 Å². The minimum Gasteiger partial charge on any atom is -0.399 e. The smallest absolute Gasteiger partial charge is 0.237 e. The van der Waals surface area contributed by atoms with Crippen molar-refractivity contribution in [3.8, 4) is 0 Å². The first-order valence-corrected chi connectivity index (χ1v) is 7.38. The van der Waals surface area contributed by atoms with Crippen molar-refractivity contribution in [2.24, 2.45) is 0 Å². The Labute approximate surface area is 121 Å². The summed E-state index contributed by atoms with van der Waals surface area (Å²) in [5, 5.41) is 3.00. The summed E-state index contributed by atoms with van der Waals surface area (Å²) in [6, 6.07) is 8.52. The van der Waals surface area contributed by atoms with Gasteiger partial charge in [0.25, 0.3) is 0 Å². The number of nitrogens with one attached hydrogen (secondary N) is 1. The van der Waals surface area contributed by atoms with Gasteiger partial charge in [-0.05, 0) is 51.3 Å². The van der Waals surface area contributed by atoms with E-state index in [0.717, 1.165) is 12.2 Å². The maximum Gasteiger partial charge on any atom is 0.237 e. The second kappa shape index (κ2) is 6.27. The molecule has 0 saturated heterocycles. The van der Waals surface area contributed by atoms with Crippen molar-refractivity contribution in [1.82, 2.24) is 10.2 Å². The van der Waals surface area contributed by atoms with Crippen molar-refractivity contribution >= 4 is 11.6 Å². The predicted octanol–water partition coefficient (Wildman–Crippen LogP) is 2.15. The van der Waals surface area contributed by atoms with Gasteiger partial charge in [-0.3, -0.25) is 9.69 Å². The van der Waals surface area contributed by atoms with Gasteiger partial charge in [-0.1, -0.05) is 12.1 Å². The quantitative estimate of drug-likeness (QED) is 0.782. The Hall–Kier alpha value is -1.55. The average Bonchev–Trinajstić information content (AvgIpc) is 3.18.